The number of amides is 1. The molecule has 2 aliphatic heterocycles. The third-order valence-electron chi connectivity index (χ3n) is 5.58. The monoisotopic (exact) mass is 396 g/mol. The summed E-state index contributed by atoms with van der Waals surface area (Å²) in [5, 5.41) is 2.97. The minimum Gasteiger partial charge on any atom is -0.495 e. The van der Waals surface area contributed by atoms with Crippen molar-refractivity contribution < 1.29 is 23.8 Å². The van der Waals surface area contributed by atoms with Crippen LogP contribution in [0.15, 0.2) is 42.6 Å². The van der Waals surface area contributed by atoms with Gasteiger partial charge in [0.2, 0.25) is 5.91 Å². The van der Waals surface area contributed by atoms with Crippen LogP contribution in [0.2, 0.25) is 0 Å². The molecule has 2 fully saturated rings. The number of methoxy groups -OCH3 is 1. The van der Waals surface area contributed by atoms with Crippen molar-refractivity contribution in [2.24, 2.45) is 5.92 Å². The molecule has 2 bridgehead atoms. The first-order valence-corrected chi connectivity index (χ1v) is 9.84. The third-order valence-corrected chi connectivity index (χ3v) is 5.58. The Labute approximate surface area is 169 Å². The van der Waals surface area contributed by atoms with E-state index in [1.807, 2.05) is 12.1 Å². The van der Waals surface area contributed by atoms with Crippen LogP contribution < -0.4 is 10.1 Å². The van der Waals surface area contributed by atoms with Gasteiger partial charge in [-0.05, 0) is 56.2 Å². The van der Waals surface area contributed by atoms with Gasteiger partial charge in [0.25, 0.3) is 0 Å². The number of pyridine rings is 1. The number of benzene rings is 1. The van der Waals surface area contributed by atoms with Crippen LogP contribution in [0.25, 0.3) is 0 Å². The molecule has 2 aliphatic rings. The minimum absolute atomic E-state index is 0.00262. The highest BCUT2D eigenvalue weighted by molar-refractivity contribution is 5.95. The number of aromatic nitrogens is 1. The molecule has 1 N–H and O–H groups in total. The highest BCUT2D eigenvalue weighted by Crippen LogP contribution is 2.48. The highest BCUT2D eigenvalue weighted by Gasteiger charge is 2.53. The van der Waals surface area contributed by atoms with Crippen molar-refractivity contribution >= 4 is 17.6 Å². The molecule has 29 heavy (non-hydrogen) atoms. The lowest BCUT2D eigenvalue weighted by Gasteiger charge is -2.26. The summed E-state index contributed by atoms with van der Waals surface area (Å²) in [6.45, 7) is 2.08. The molecule has 7 nitrogen and oxygen atoms in total. The van der Waals surface area contributed by atoms with Crippen LogP contribution in [0.5, 0.6) is 5.75 Å². The van der Waals surface area contributed by atoms with Gasteiger partial charge in [0, 0.05) is 17.3 Å². The number of rotatable bonds is 6. The van der Waals surface area contributed by atoms with E-state index in [-0.39, 0.29) is 35.9 Å². The summed E-state index contributed by atoms with van der Waals surface area (Å²) < 4.78 is 16.2. The number of esters is 1. The first kappa shape index (κ1) is 19.4. The zero-order chi connectivity index (χ0) is 20.4. The Bertz CT molecular complexity index is 881. The molecule has 152 valence electrons. The number of ether oxygens (including phenoxy) is 3. The van der Waals surface area contributed by atoms with Crippen LogP contribution in [0.4, 0.5) is 5.69 Å². The maximum absolute atomic E-state index is 13.1. The summed E-state index contributed by atoms with van der Waals surface area (Å²) in [6, 6.07) is 10.5. The Hall–Kier alpha value is -2.93. The van der Waals surface area contributed by atoms with Crippen LogP contribution in [0, 0.1) is 5.92 Å². The summed E-state index contributed by atoms with van der Waals surface area (Å²) in [7, 11) is 1.60. The second kappa shape index (κ2) is 8.21. The second-order valence-corrected chi connectivity index (χ2v) is 7.25. The van der Waals surface area contributed by atoms with E-state index < -0.39 is 0 Å². The number of carbonyl (C=O) groups is 2. The fourth-order valence-corrected chi connectivity index (χ4v) is 4.23. The van der Waals surface area contributed by atoms with Crippen molar-refractivity contribution in [1.29, 1.82) is 0 Å². The van der Waals surface area contributed by atoms with Crippen LogP contribution in [0.3, 0.4) is 0 Å². The van der Waals surface area contributed by atoms with Gasteiger partial charge in [-0.25, -0.2) is 4.79 Å². The Kier molecular flexibility index (Phi) is 5.49. The number of hydrogen-bond acceptors (Lipinski definition) is 6. The van der Waals surface area contributed by atoms with Gasteiger partial charge in [0.15, 0.2) is 0 Å². The maximum Gasteiger partial charge on any atom is 0.338 e. The molecule has 4 atom stereocenters. The Morgan fingerprint density at radius 1 is 1.14 bits per heavy atom. The smallest absolute Gasteiger partial charge is 0.338 e. The number of hydrogen-bond donors (Lipinski definition) is 1. The number of carbonyl (C=O) groups excluding carboxylic acids is 2. The number of nitrogens with one attached hydrogen (secondary N) is 1. The first-order chi connectivity index (χ1) is 14.1. The van der Waals surface area contributed by atoms with E-state index in [9.17, 15) is 9.59 Å². The molecule has 7 heteroatoms. The lowest BCUT2D eigenvalue weighted by molar-refractivity contribution is -0.121. The van der Waals surface area contributed by atoms with Crippen molar-refractivity contribution in [3.05, 3.63) is 53.9 Å². The average molecular weight is 396 g/mol. The first-order valence-electron chi connectivity index (χ1n) is 9.84. The van der Waals surface area contributed by atoms with Crippen LogP contribution in [-0.2, 0) is 14.3 Å². The van der Waals surface area contributed by atoms with Crippen molar-refractivity contribution in [3.8, 4) is 5.75 Å². The van der Waals surface area contributed by atoms with E-state index in [2.05, 4.69) is 10.3 Å². The number of nitrogens with zero attached hydrogens (tertiary/aromatic N) is 1. The number of anilines is 1. The average Bonchev–Trinajstić information content (AvgIpc) is 3.36. The van der Waals surface area contributed by atoms with E-state index in [1.54, 1.807) is 44.5 Å². The molecular weight excluding hydrogens is 372 g/mol. The molecule has 0 unspecified atom stereocenters. The summed E-state index contributed by atoms with van der Waals surface area (Å²) in [5.41, 5.74) is 1.93. The van der Waals surface area contributed by atoms with E-state index >= 15 is 0 Å². The van der Waals surface area contributed by atoms with Crippen LogP contribution in [-0.4, -0.2) is 42.8 Å². The second-order valence-electron chi connectivity index (χ2n) is 7.25. The van der Waals surface area contributed by atoms with Crippen molar-refractivity contribution in [2.45, 2.75) is 37.9 Å². The highest BCUT2D eigenvalue weighted by atomic mass is 16.5. The lowest BCUT2D eigenvalue weighted by atomic mass is 9.76. The fourth-order valence-electron chi connectivity index (χ4n) is 4.23. The zero-order valence-electron chi connectivity index (χ0n) is 16.5. The Balaban J connectivity index is 1.50. The molecule has 3 heterocycles. The Morgan fingerprint density at radius 2 is 1.90 bits per heavy atom. The van der Waals surface area contributed by atoms with E-state index in [0.717, 1.165) is 18.5 Å². The quantitative estimate of drug-likeness (QED) is 0.755. The van der Waals surface area contributed by atoms with E-state index in [4.69, 9.17) is 14.2 Å². The van der Waals surface area contributed by atoms with Gasteiger partial charge in [0.1, 0.15) is 5.75 Å². The maximum atomic E-state index is 13.1. The summed E-state index contributed by atoms with van der Waals surface area (Å²) in [5.74, 6) is -0.181. The molecule has 1 aromatic carbocycles. The molecule has 0 spiro atoms. The Morgan fingerprint density at radius 3 is 2.55 bits per heavy atom. The molecule has 2 saturated heterocycles. The zero-order valence-corrected chi connectivity index (χ0v) is 16.5. The van der Waals surface area contributed by atoms with Gasteiger partial charge in [0.05, 0.1) is 43.6 Å². The van der Waals surface area contributed by atoms with E-state index in [1.165, 1.54) is 0 Å². The van der Waals surface area contributed by atoms with Crippen molar-refractivity contribution in [2.75, 3.05) is 19.0 Å². The largest absolute Gasteiger partial charge is 0.495 e. The van der Waals surface area contributed by atoms with Gasteiger partial charge in [-0.1, -0.05) is 0 Å². The number of fused-ring (bicyclic) bond motifs is 2. The molecule has 1 amide bonds. The SMILES string of the molecule is CCOC(=O)c1ccc(NC(=O)[C@H]2[C@H](c3ccc(OC)cn3)[C@@H]3CC[C@H]2O3)cc1. The minimum atomic E-state index is -0.377. The van der Waals surface area contributed by atoms with Crippen LogP contribution >= 0.6 is 0 Å². The van der Waals surface area contributed by atoms with Gasteiger partial charge in [-0.15, -0.1) is 0 Å². The van der Waals surface area contributed by atoms with Gasteiger partial charge >= 0.3 is 5.97 Å². The summed E-state index contributed by atoms with van der Waals surface area (Å²) in [6.07, 6.45) is 3.37. The van der Waals surface area contributed by atoms with Crippen LogP contribution in [0.1, 0.15) is 41.7 Å². The molecular formula is C22H24N2O5. The molecule has 0 saturated carbocycles. The molecule has 0 radical (unpaired) electrons. The van der Waals surface area contributed by atoms with Gasteiger partial charge in [-0.2, -0.15) is 0 Å². The summed E-state index contributed by atoms with van der Waals surface area (Å²) >= 11 is 0. The van der Waals surface area contributed by atoms with E-state index in [0.29, 0.717) is 23.6 Å². The lowest BCUT2D eigenvalue weighted by Crippen LogP contribution is -2.36. The molecule has 1 aromatic heterocycles. The fraction of sp³-hybridized carbons (Fsp3) is 0.409. The third kappa shape index (κ3) is 3.82. The van der Waals surface area contributed by atoms with Crippen molar-refractivity contribution in [3.63, 3.8) is 0 Å². The topological polar surface area (TPSA) is 86.8 Å². The predicted molar refractivity (Wildman–Crippen MR) is 106 cm³/mol. The molecule has 4 rings (SSSR count). The summed E-state index contributed by atoms with van der Waals surface area (Å²) in [4.78, 5) is 29.4. The van der Waals surface area contributed by atoms with Gasteiger partial charge in [-0.3, -0.25) is 9.78 Å². The molecule has 0 aliphatic carbocycles. The normalized spacial score (nSPS) is 24.9. The van der Waals surface area contributed by atoms with Crippen molar-refractivity contribution in [1.82, 2.24) is 4.98 Å². The predicted octanol–water partition coefficient (Wildman–Crippen LogP) is 3.17. The standard InChI is InChI=1S/C22H24N2O5/c1-3-28-22(26)13-4-6-14(7-5-13)24-21(25)20-18-11-10-17(29-18)19(20)16-9-8-15(27-2)12-23-16/h4-9,12,17-20H,3,10-11H2,1-2H3,(H,24,25)/t17-,18+,19+,20+/m0/s1. The van der Waals surface area contributed by atoms with Gasteiger partial charge < -0.3 is 19.5 Å². The molecule has 2 aromatic rings.